The van der Waals surface area contributed by atoms with Crippen LogP contribution in [0.5, 0.6) is 0 Å². The summed E-state index contributed by atoms with van der Waals surface area (Å²) in [6.07, 6.45) is -0.172. The number of hydrogen-bond acceptors (Lipinski definition) is 9. The van der Waals surface area contributed by atoms with Crippen molar-refractivity contribution in [3.63, 3.8) is 0 Å². The zero-order chi connectivity index (χ0) is 24.3. The molecular weight excluding hydrogens is 449 g/mol. The molecule has 5 atom stereocenters. The van der Waals surface area contributed by atoms with Crippen molar-refractivity contribution < 1.29 is 18.5 Å². The normalized spacial score (nSPS) is 27.7. The number of ether oxygens (including phenoxy) is 2. The van der Waals surface area contributed by atoms with Crippen LogP contribution < -0.4 is 11.2 Å². The second kappa shape index (κ2) is 10.7. The summed E-state index contributed by atoms with van der Waals surface area (Å²) < 4.78 is 28.8. The van der Waals surface area contributed by atoms with Crippen molar-refractivity contribution in [2.24, 2.45) is 0 Å². The largest absolute Gasteiger partial charge is 0.367 e. The summed E-state index contributed by atoms with van der Waals surface area (Å²) in [6, 6.07) is 3.67. The number of fused-ring (bicyclic) bond motifs is 2. The molecule has 2 saturated heterocycles. The van der Waals surface area contributed by atoms with Crippen LogP contribution in [-0.4, -0.2) is 82.9 Å². The Morgan fingerprint density at radius 1 is 1.33 bits per heavy atom. The number of hydrogen-bond donors (Lipinski definition) is 1. The van der Waals surface area contributed by atoms with Gasteiger partial charge in [-0.1, -0.05) is 0 Å². The Morgan fingerprint density at radius 2 is 2.03 bits per heavy atom. The Kier molecular flexibility index (Phi) is 8.45. The van der Waals surface area contributed by atoms with Crippen LogP contribution >= 0.6 is 8.53 Å². The maximum Gasteiger partial charge on any atom is 0.330 e. The predicted octanol–water partition coefficient (Wildman–Crippen LogP) is 1.43. The molecule has 33 heavy (non-hydrogen) atoms. The Morgan fingerprint density at radius 3 is 2.61 bits per heavy atom. The van der Waals surface area contributed by atoms with E-state index in [0.717, 1.165) is 0 Å². The third-order valence-electron chi connectivity index (χ3n) is 5.55. The van der Waals surface area contributed by atoms with Gasteiger partial charge in [-0.2, -0.15) is 5.26 Å². The lowest BCUT2D eigenvalue weighted by molar-refractivity contribution is -0.178. The molecule has 3 unspecified atom stereocenters. The molecule has 1 N–H and O–H groups in total. The second-order valence-corrected chi connectivity index (χ2v) is 10.6. The molecule has 184 valence electrons. The Hall–Kier alpha value is -1.64. The van der Waals surface area contributed by atoms with E-state index in [9.17, 15) is 9.59 Å². The average molecular weight is 484 g/mol. The summed E-state index contributed by atoms with van der Waals surface area (Å²) in [7, 11) is 2.33. The van der Waals surface area contributed by atoms with Crippen LogP contribution in [0.25, 0.3) is 0 Å². The number of rotatable bonds is 11. The highest BCUT2D eigenvalue weighted by Gasteiger charge is 2.64. The van der Waals surface area contributed by atoms with E-state index in [-0.39, 0.29) is 25.1 Å². The summed E-state index contributed by atoms with van der Waals surface area (Å²) in [4.78, 5) is 28.3. The fourth-order valence-corrected chi connectivity index (χ4v) is 6.26. The van der Waals surface area contributed by atoms with Gasteiger partial charge in [0.2, 0.25) is 0 Å². The van der Waals surface area contributed by atoms with Gasteiger partial charge in [0.05, 0.1) is 25.7 Å². The van der Waals surface area contributed by atoms with Crippen molar-refractivity contribution in [2.45, 2.75) is 70.2 Å². The third-order valence-corrected chi connectivity index (χ3v) is 7.66. The molecule has 2 bridgehead atoms. The van der Waals surface area contributed by atoms with Crippen molar-refractivity contribution in [3.05, 3.63) is 33.1 Å². The molecule has 12 heteroatoms. The number of H-pyrrole nitrogens is 1. The molecule has 0 spiro atoms. The molecule has 3 heterocycles. The third kappa shape index (κ3) is 5.54. The van der Waals surface area contributed by atoms with E-state index in [4.69, 9.17) is 23.8 Å². The number of nitriles is 1. The molecule has 0 saturated carbocycles. The lowest BCUT2D eigenvalue weighted by atomic mass is 9.99. The molecular formula is C21H34N5O6P. The van der Waals surface area contributed by atoms with E-state index >= 15 is 0 Å². The number of nitrogens with one attached hydrogen (secondary N) is 1. The quantitative estimate of drug-likeness (QED) is 0.368. The topological polar surface area (TPSA) is 122 Å². The van der Waals surface area contributed by atoms with Gasteiger partial charge in [-0.3, -0.25) is 14.3 Å². The summed E-state index contributed by atoms with van der Waals surface area (Å²) in [5.74, 6) is 0. The van der Waals surface area contributed by atoms with Crippen LogP contribution in [0.15, 0.2) is 21.9 Å². The van der Waals surface area contributed by atoms with Gasteiger partial charge in [-0.05, 0) is 41.8 Å². The van der Waals surface area contributed by atoms with Crippen molar-refractivity contribution in [1.82, 2.24) is 19.1 Å². The van der Waals surface area contributed by atoms with Gasteiger partial charge in [-0.25, -0.2) is 9.46 Å². The first-order valence-electron chi connectivity index (χ1n) is 11.1. The van der Waals surface area contributed by atoms with Crippen LogP contribution in [0.3, 0.4) is 0 Å². The SMILES string of the molecule is CC(C)N(C(C)C)P(OCCC#N)OC1C2OC[C@]1(CN(C)C)O[C@H]2n1ccc(=O)[nH]c1=O. The lowest BCUT2D eigenvalue weighted by Gasteiger charge is -2.39. The van der Waals surface area contributed by atoms with E-state index < -0.39 is 43.8 Å². The molecule has 1 aromatic heterocycles. The fraction of sp³-hybridized carbons (Fsp3) is 0.762. The average Bonchev–Trinajstić information content (AvgIpc) is 3.17. The maximum atomic E-state index is 12.5. The first-order chi connectivity index (χ1) is 15.6. The Bertz CT molecular complexity index is 951. The van der Waals surface area contributed by atoms with Crippen LogP contribution in [0.1, 0.15) is 40.3 Å². The highest BCUT2D eigenvalue weighted by Crippen LogP contribution is 2.55. The van der Waals surface area contributed by atoms with E-state index in [1.54, 1.807) is 0 Å². The van der Waals surface area contributed by atoms with Crippen molar-refractivity contribution in [1.29, 1.82) is 5.26 Å². The lowest BCUT2D eigenvalue weighted by Crippen LogP contribution is -2.50. The number of aromatic amines is 1. The summed E-state index contributed by atoms with van der Waals surface area (Å²) in [5.41, 5.74) is -1.87. The highest BCUT2D eigenvalue weighted by atomic mass is 31.2. The van der Waals surface area contributed by atoms with Crippen LogP contribution in [0, 0.1) is 11.3 Å². The van der Waals surface area contributed by atoms with Gasteiger partial charge in [-0.15, -0.1) is 0 Å². The molecule has 0 aromatic carbocycles. The molecule has 1 aromatic rings. The minimum atomic E-state index is -1.54. The van der Waals surface area contributed by atoms with Gasteiger partial charge in [0.15, 0.2) is 6.23 Å². The zero-order valence-corrected chi connectivity index (χ0v) is 20.9. The van der Waals surface area contributed by atoms with Gasteiger partial charge >= 0.3 is 5.69 Å². The van der Waals surface area contributed by atoms with Crippen molar-refractivity contribution >= 4 is 8.53 Å². The summed E-state index contributed by atoms with van der Waals surface area (Å²) >= 11 is 0. The monoisotopic (exact) mass is 483 g/mol. The maximum absolute atomic E-state index is 12.5. The minimum absolute atomic E-state index is 0.140. The van der Waals surface area contributed by atoms with E-state index in [0.29, 0.717) is 13.2 Å². The van der Waals surface area contributed by atoms with Gasteiger partial charge in [0.25, 0.3) is 14.1 Å². The first kappa shape index (κ1) is 26.0. The Labute approximate surface area is 195 Å². The van der Waals surface area contributed by atoms with E-state index in [2.05, 4.69) is 43.4 Å². The number of nitrogens with zero attached hydrogens (tertiary/aromatic N) is 4. The smallest absolute Gasteiger partial charge is 0.330 e. The Balaban J connectivity index is 1.95. The molecule has 0 aliphatic carbocycles. The molecule has 0 amide bonds. The van der Waals surface area contributed by atoms with Crippen LogP contribution in [0.2, 0.25) is 0 Å². The minimum Gasteiger partial charge on any atom is -0.367 e. The van der Waals surface area contributed by atoms with Gasteiger partial charge in [0, 0.05) is 30.9 Å². The van der Waals surface area contributed by atoms with E-state index in [1.165, 1.54) is 16.8 Å². The molecule has 11 nitrogen and oxygen atoms in total. The molecule has 2 aliphatic heterocycles. The summed E-state index contributed by atoms with van der Waals surface area (Å²) in [6.45, 7) is 9.34. The number of aromatic nitrogens is 2. The van der Waals surface area contributed by atoms with E-state index in [1.807, 2.05) is 19.0 Å². The standard InChI is InChI=1S/C21H34N5O6P/c1-14(2)26(15(3)4)33(30-11-7-9-22)32-18-17-19(25-10-8-16(27)23-20(25)28)31-21(18,13-29-17)12-24(5)6/h8,10,14-15,17-19H,7,11-13H2,1-6H3,(H,23,27,28)/t17?,18?,19-,21+,33?/m1/s1. The molecule has 0 radical (unpaired) electrons. The molecule has 3 rings (SSSR count). The zero-order valence-electron chi connectivity index (χ0n) is 20.1. The van der Waals surface area contributed by atoms with Gasteiger partial charge in [0.1, 0.15) is 17.8 Å². The van der Waals surface area contributed by atoms with Crippen LogP contribution in [-0.2, 0) is 18.5 Å². The van der Waals surface area contributed by atoms with Gasteiger partial charge < -0.3 is 23.4 Å². The molecule has 2 fully saturated rings. The van der Waals surface area contributed by atoms with Crippen molar-refractivity contribution in [2.75, 3.05) is 33.9 Å². The summed E-state index contributed by atoms with van der Waals surface area (Å²) in [5, 5.41) is 8.98. The van der Waals surface area contributed by atoms with Crippen LogP contribution in [0.4, 0.5) is 0 Å². The highest BCUT2D eigenvalue weighted by molar-refractivity contribution is 7.44. The van der Waals surface area contributed by atoms with Crippen molar-refractivity contribution in [3.8, 4) is 6.07 Å². The predicted molar refractivity (Wildman–Crippen MR) is 123 cm³/mol. The second-order valence-electron chi connectivity index (χ2n) is 9.18. The first-order valence-corrected chi connectivity index (χ1v) is 12.2. The molecule has 2 aliphatic rings. The fourth-order valence-electron chi connectivity index (χ4n) is 4.45. The number of likely N-dealkylation sites (N-methyl/N-ethyl adjacent to an activating group) is 1.